The van der Waals surface area contributed by atoms with E-state index in [1.165, 1.54) is 0 Å². The lowest BCUT2D eigenvalue weighted by Gasteiger charge is -2.20. The molecule has 8 heteroatoms. The van der Waals surface area contributed by atoms with Crippen LogP contribution in [0.25, 0.3) is 0 Å². The number of rotatable bonds is 4. The number of nitrogens with zero attached hydrogens (tertiary/aromatic N) is 1. The highest BCUT2D eigenvalue weighted by Crippen LogP contribution is 2.35. The van der Waals surface area contributed by atoms with Crippen molar-refractivity contribution in [1.29, 1.82) is 0 Å². The number of alkyl halides is 3. The van der Waals surface area contributed by atoms with Gasteiger partial charge in [-0.25, -0.2) is 0 Å². The molecule has 1 heterocycles. The minimum atomic E-state index is -4.55. The van der Waals surface area contributed by atoms with Crippen molar-refractivity contribution < 1.29 is 22.8 Å². The Balaban J connectivity index is 1.77. The molecular weight excluding hydrogens is 393 g/mol. The Morgan fingerprint density at radius 1 is 1.25 bits per heavy atom. The lowest BCUT2D eigenvalue weighted by atomic mass is 10.1. The standard InChI is InChI=1S/C20H18ClF3N2O2/c1-2-12-5-3-4-6-17(12)26-11-13(9-18(26)27)19(28)25-16-10-14(20(22,23)24)7-8-15(16)21/h3-8,10,13H,2,9,11H2,1H3,(H,25,28)/t13-/m1/s1. The molecule has 0 aromatic heterocycles. The number of hydrogen-bond acceptors (Lipinski definition) is 2. The molecule has 0 unspecified atom stereocenters. The number of aryl methyl sites for hydroxylation is 1. The third-order valence-corrected chi connectivity index (χ3v) is 5.04. The van der Waals surface area contributed by atoms with Gasteiger partial charge in [0.2, 0.25) is 11.8 Å². The molecule has 0 radical (unpaired) electrons. The topological polar surface area (TPSA) is 49.4 Å². The van der Waals surface area contributed by atoms with Crippen molar-refractivity contribution in [3.63, 3.8) is 0 Å². The largest absolute Gasteiger partial charge is 0.416 e. The first-order chi connectivity index (χ1) is 13.2. The molecule has 1 aliphatic rings. The van der Waals surface area contributed by atoms with Crippen LogP contribution in [0, 0.1) is 5.92 Å². The van der Waals surface area contributed by atoms with Crippen molar-refractivity contribution in [3.05, 3.63) is 58.6 Å². The normalized spacial score (nSPS) is 17.1. The number of para-hydroxylation sites is 1. The Bertz CT molecular complexity index is 915. The van der Waals surface area contributed by atoms with E-state index < -0.39 is 23.6 Å². The number of nitrogens with one attached hydrogen (secondary N) is 1. The van der Waals surface area contributed by atoms with Crippen LogP contribution < -0.4 is 10.2 Å². The highest BCUT2D eigenvalue weighted by Gasteiger charge is 2.36. The van der Waals surface area contributed by atoms with Crippen molar-refractivity contribution in [1.82, 2.24) is 0 Å². The second kappa shape index (κ2) is 7.83. The molecule has 2 aromatic carbocycles. The fraction of sp³-hybridized carbons (Fsp3) is 0.300. The fourth-order valence-corrected chi connectivity index (χ4v) is 3.39. The van der Waals surface area contributed by atoms with Gasteiger partial charge in [-0.2, -0.15) is 13.2 Å². The van der Waals surface area contributed by atoms with E-state index >= 15 is 0 Å². The fourth-order valence-electron chi connectivity index (χ4n) is 3.22. The lowest BCUT2D eigenvalue weighted by molar-refractivity contribution is -0.137. The van der Waals surface area contributed by atoms with Crippen molar-refractivity contribution in [3.8, 4) is 0 Å². The summed E-state index contributed by atoms with van der Waals surface area (Å²) in [4.78, 5) is 26.6. The van der Waals surface area contributed by atoms with Crippen LogP contribution in [0.1, 0.15) is 24.5 Å². The van der Waals surface area contributed by atoms with Gasteiger partial charge >= 0.3 is 6.18 Å². The van der Waals surface area contributed by atoms with E-state index in [1.54, 1.807) is 4.90 Å². The summed E-state index contributed by atoms with van der Waals surface area (Å²) >= 11 is 5.93. The van der Waals surface area contributed by atoms with Crippen molar-refractivity contribution >= 4 is 34.8 Å². The summed E-state index contributed by atoms with van der Waals surface area (Å²) in [7, 11) is 0. The van der Waals surface area contributed by atoms with Gasteiger partial charge in [-0.15, -0.1) is 0 Å². The zero-order valence-corrected chi connectivity index (χ0v) is 15.8. The molecule has 1 atom stereocenters. The average Bonchev–Trinajstić information content (AvgIpc) is 3.04. The maximum atomic E-state index is 12.9. The van der Waals surface area contributed by atoms with E-state index in [0.717, 1.165) is 35.9 Å². The van der Waals surface area contributed by atoms with Crippen LogP contribution in [-0.2, 0) is 22.2 Å². The molecule has 2 amide bonds. The first-order valence-corrected chi connectivity index (χ1v) is 9.14. The van der Waals surface area contributed by atoms with Gasteiger partial charge in [0.05, 0.1) is 22.2 Å². The van der Waals surface area contributed by atoms with Crippen LogP contribution in [0.3, 0.4) is 0 Å². The van der Waals surface area contributed by atoms with Gasteiger partial charge in [-0.1, -0.05) is 36.7 Å². The molecule has 0 saturated carbocycles. The van der Waals surface area contributed by atoms with Crippen molar-refractivity contribution in [2.45, 2.75) is 25.9 Å². The minimum Gasteiger partial charge on any atom is -0.324 e. The number of anilines is 2. The van der Waals surface area contributed by atoms with Crippen LogP contribution in [0.15, 0.2) is 42.5 Å². The molecule has 1 aliphatic heterocycles. The van der Waals surface area contributed by atoms with Gasteiger partial charge in [0.1, 0.15) is 0 Å². The molecule has 0 aliphatic carbocycles. The lowest BCUT2D eigenvalue weighted by Crippen LogP contribution is -2.28. The second-order valence-electron chi connectivity index (χ2n) is 6.57. The van der Waals surface area contributed by atoms with Crippen LogP contribution in [0.4, 0.5) is 24.5 Å². The van der Waals surface area contributed by atoms with Crippen molar-refractivity contribution in [2.75, 3.05) is 16.8 Å². The molecule has 3 rings (SSSR count). The van der Waals surface area contributed by atoms with E-state index in [2.05, 4.69) is 5.32 Å². The Hall–Kier alpha value is -2.54. The molecule has 148 valence electrons. The number of hydrogen-bond donors (Lipinski definition) is 1. The first-order valence-electron chi connectivity index (χ1n) is 8.76. The maximum absolute atomic E-state index is 12.9. The smallest absolute Gasteiger partial charge is 0.324 e. The predicted molar refractivity (Wildman–Crippen MR) is 101 cm³/mol. The number of halogens is 4. The summed E-state index contributed by atoms with van der Waals surface area (Å²) < 4.78 is 38.7. The van der Waals surface area contributed by atoms with Gasteiger partial charge in [-0.3, -0.25) is 9.59 Å². The molecule has 1 N–H and O–H groups in total. The van der Waals surface area contributed by atoms with Crippen molar-refractivity contribution in [2.24, 2.45) is 5.92 Å². The van der Waals surface area contributed by atoms with Gasteiger partial charge in [0.25, 0.3) is 0 Å². The van der Waals surface area contributed by atoms with Crippen LogP contribution >= 0.6 is 11.6 Å². The van der Waals surface area contributed by atoms with E-state index in [-0.39, 0.29) is 29.6 Å². The van der Waals surface area contributed by atoms with Gasteiger partial charge in [0.15, 0.2) is 0 Å². The maximum Gasteiger partial charge on any atom is 0.416 e. The monoisotopic (exact) mass is 410 g/mol. The molecule has 1 saturated heterocycles. The Labute approximate surface area is 165 Å². The summed E-state index contributed by atoms with van der Waals surface area (Å²) in [6.45, 7) is 2.14. The van der Waals surface area contributed by atoms with Crippen LogP contribution in [0.5, 0.6) is 0 Å². The van der Waals surface area contributed by atoms with Crippen LogP contribution in [0.2, 0.25) is 5.02 Å². The third kappa shape index (κ3) is 4.14. The molecule has 28 heavy (non-hydrogen) atoms. The van der Waals surface area contributed by atoms with Gasteiger partial charge in [0, 0.05) is 18.7 Å². The van der Waals surface area contributed by atoms with Gasteiger partial charge in [-0.05, 0) is 36.2 Å². The Morgan fingerprint density at radius 3 is 2.64 bits per heavy atom. The third-order valence-electron chi connectivity index (χ3n) is 4.71. The quantitative estimate of drug-likeness (QED) is 0.778. The Kier molecular flexibility index (Phi) is 5.65. The minimum absolute atomic E-state index is 0.00106. The summed E-state index contributed by atoms with van der Waals surface area (Å²) in [6, 6.07) is 10.2. The Morgan fingerprint density at radius 2 is 1.96 bits per heavy atom. The van der Waals surface area contributed by atoms with E-state index in [4.69, 9.17) is 11.6 Å². The molecule has 1 fully saturated rings. The van der Waals surface area contributed by atoms with Gasteiger partial charge < -0.3 is 10.2 Å². The summed E-state index contributed by atoms with van der Waals surface area (Å²) in [6.07, 6.45) is -3.83. The van der Waals surface area contributed by atoms with E-state index in [0.29, 0.717) is 0 Å². The molecule has 0 spiro atoms. The average molecular weight is 411 g/mol. The second-order valence-corrected chi connectivity index (χ2v) is 6.98. The first kappa shape index (κ1) is 20.2. The van der Waals surface area contributed by atoms with E-state index in [9.17, 15) is 22.8 Å². The number of carbonyl (C=O) groups is 2. The molecular formula is C20H18ClF3N2O2. The molecule has 4 nitrogen and oxygen atoms in total. The highest BCUT2D eigenvalue weighted by atomic mass is 35.5. The predicted octanol–water partition coefficient (Wildman–Crippen LogP) is 4.91. The summed E-state index contributed by atoms with van der Waals surface area (Å²) in [5.74, 6) is -1.41. The highest BCUT2D eigenvalue weighted by molar-refractivity contribution is 6.33. The SMILES string of the molecule is CCc1ccccc1N1C[C@H](C(=O)Nc2cc(C(F)(F)F)ccc2Cl)CC1=O. The molecule has 0 bridgehead atoms. The molecule has 2 aromatic rings. The zero-order valence-electron chi connectivity index (χ0n) is 15.0. The number of amides is 2. The zero-order chi connectivity index (χ0) is 20.5. The number of benzene rings is 2. The summed E-state index contributed by atoms with van der Waals surface area (Å²) in [5.41, 5.74) is 0.703. The number of carbonyl (C=O) groups excluding carboxylic acids is 2. The van der Waals surface area contributed by atoms with Crippen LogP contribution in [-0.4, -0.2) is 18.4 Å². The van der Waals surface area contributed by atoms with E-state index in [1.807, 2.05) is 31.2 Å². The summed E-state index contributed by atoms with van der Waals surface area (Å²) in [5, 5.41) is 2.43.